The van der Waals surface area contributed by atoms with Gasteiger partial charge in [-0.3, -0.25) is 9.59 Å². The number of fused-ring (bicyclic) bond motifs is 2. The zero-order chi connectivity index (χ0) is 21.7. The lowest BCUT2D eigenvalue weighted by molar-refractivity contribution is 0.483. The summed E-state index contributed by atoms with van der Waals surface area (Å²) >= 11 is 0. The Balaban J connectivity index is 1.83. The number of benzene rings is 3. The zero-order valence-electron chi connectivity index (χ0n) is 16.9. The van der Waals surface area contributed by atoms with Crippen LogP contribution in [-0.2, 0) is 0 Å². The predicted octanol–water partition coefficient (Wildman–Crippen LogP) is 5.56. The Morgan fingerprint density at radius 1 is 0.677 bits per heavy atom. The Labute approximate surface area is 176 Å². The molecule has 0 aliphatic rings. The number of phenols is 1. The molecule has 0 radical (unpaired) electrons. The molecule has 0 aliphatic heterocycles. The van der Waals surface area contributed by atoms with Gasteiger partial charge in [0.25, 0.3) is 0 Å². The van der Waals surface area contributed by atoms with Crippen LogP contribution in [0.25, 0.3) is 44.2 Å². The van der Waals surface area contributed by atoms with Crippen molar-refractivity contribution in [1.82, 2.24) is 0 Å². The van der Waals surface area contributed by atoms with Crippen LogP contribution in [0.1, 0.15) is 11.1 Å². The largest absolute Gasteiger partial charge is 0.506 e. The molecule has 0 unspecified atom stereocenters. The first-order valence-corrected chi connectivity index (χ1v) is 9.81. The molecule has 0 saturated carbocycles. The van der Waals surface area contributed by atoms with Gasteiger partial charge in [0.1, 0.15) is 40.2 Å². The van der Waals surface area contributed by atoms with Gasteiger partial charge in [0.15, 0.2) is 0 Å². The monoisotopic (exact) mass is 410 g/mol. The smallest absolute Gasteiger partial charge is 0.204 e. The van der Waals surface area contributed by atoms with Crippen molar-refractivity contribution >= 4 is 21.9 Å². The van der Waals surface area contributed by atoms with Crippen LogP contribution in [0.3, 0.4) is 0 Å². The molecule has 5 aromatic rings. The molecule has 0 aliphatic carbocycles. The Morgan fingerprint density at radius 2 is 1.13 bits per heavy atom. The summed E-state index contributed by atoms with van der Waals surface area (Å²) in [4.78, 5) is 26.5. The SMILES string of the molecule is Cc1cccc(-c2coc3cc4occ(-c5cccc(C)c5)c(=O)c4c(O)c3c2=O)c1. The van der Waals surface area contributed by atoms with Crippen molar-refractivity contribution in [3.05, 3.63) is 98.7 Å². The molecule has 0 saturated heterocycles. The standard InChI is InChI=1S/C26H18O5/c1-14-5-3-7-16(9-14)18-12-30-20-11-21-23(26(29)22(20)24(18)27)25(28)19(13-31-21)17-8-4-6-15(2)10-17/h3-13,29H,1-2H3. The van der Waals surface area contributed by atoms with Crippen LogP contribution >= 0.6 is 0 Å². The van der Waals surface area contributed by atoms with Crippen molar-refractivity contribution in [2.24, 2.45) is 0 Å². The Bertz CT molecular complexity index is 1490. The van der Waals surface area contributed by atoms with Gasteiger partial charge in [-0.25, -0.2) is 0 Å². The van der Waals surface area contributed by atoms with E-state index in [4.69, 9.17) is 8.83 Å². The molecule has 31 heavy (non-hydrogen) atoms. The molecule has 2 aromatic heterocycles. The average molecular weight is 410 g/mol. The van der Waals surface area contributed by atoms with E-state index < -0.39 is 16.6 Å². The molecular formula is C26H18O5. The normalized spacial score (nSPS) is 11.3. The molecule has 5 heteroatoms. The topological polar surface area (TPSA) is 80.7 Å². The van der Waals surface area contributed by atoms with Crippen LogP contribution in [0.5, 0.6) is 5.75 Å². The number of hydrogen-bond acceptors (Lipinski definition) is 5. The maximum Gasteiger partial charge on any atom is 0.204 e. The maximum absolute atomic E-state index is 13.3. The second-order valence-electron chi connectivity index (χ2n) is 7.67. The Morgan fingerprint density at radius 3 is 1.55 bits per heavy atom. The molecule has 5 nitrogen and oxygen atoms in total. The molecular weight excluding hydrogens is 392 g/mol. The van der Waals surface area contributed by atoms with Crippen LogP contribution in [0, 0.1) is 13.8 Å². The fraction of sp³-hybridized carbons (Fsp3) is 0.0769. The van der Waals surface area contributed by atoms with E-state index in [1.54, 1.807) is 12.1 Å². The second kappa shape index (κ2) is 6.99. The van der Waals surface area contributed by atoms with Crippen LogP contribution in [-0.4, -0.2) is 5.11 Å². The molecule has 0 fully saturated rings. The summed E-state index contributed by atoms with van der Waals surface area (Å²) in [6, 6.07) is 16.3. The molecule has 0 atom stereocenters. The summed E-state index contributed by atoms with van der Waals surface area (Å²) in [6.45, 7) is 3.85. The molecule has 0 spiro atoms. The van der Waals surface area contributed by atoms with Gasteiger partial charge in [-0.15, -0.1) is 0 Å². The fourth-order valence-corrected chi connectivity index (χ4v) is 3.89. The molecule has 2 heterocycles. The maximum atomic E-state index is 13.3. The van der Waals surface area contributed by atoms with Gasteiger partial charge in [-0.2, -0.15) is 0 Å². The molecule has 0 amide bonds. The van der Waals surface area contributed by atoms with Gasteiger partial charge >= 0.3 is 0 Å². The van der Waals surface area contributed by atoms with Gasteiger partial charge in [0, 0.05) is 6.07 Å². The average Bonchev–Trinajstić information content (AvgIpc) is 2.74. The first-order chi connectivity index (χ1) is 14.9. The lowest BCUT2D eigenvalue weighted by atomic mass is 10.0. The highest BCUT2D eigenvalue weighted by Gasteiger charge is 2.20. The first kappa shape index (κ1) is 18.9. The lowest BCUT2D eigenvalue weighted by Crippen LogP contribution is -2.09. The van der Waals surface area contributed by atoms with E-state index in [1.165, 1.54) is 18.6 Å². The van der Waals surface area contributed by atoms with E-state index in [9.17, 15) is 14.7 Å². The van der Waals surface area contributed by atoms with Crippen molar-refractivity contribution in [1.29, 1.82) is 0 Å². The molecule has 1 N–H and O–H groups in total. The number of phenolic OH excluding ortho intramolecular Hbond substituents is 1. The van der Waals surface area contributed by atoms with Gasteiger partial charge in [-0.1, -0.05) is 59.7 Å². The number of aryl methyl sites for hydroxylation is 2. The summed E-state index contributed by atoms with van der Waals surface area (Å²) in [5, 5.41) is 10.9. The van der Waals surface area contributed by atoms with Gasteiger partial charge in [-0.05, 0) is 25.0 Å². The number of aromatic hydroxyl groups is 1. The third-order valence-corrected chi connectivity index (χ3v) is 5.44. The van der Waals surface area contributed by atoms with E-state index in [2.05, 4.69) is 0 Å². The third-order valence-electron chi connectivity index (χ3n) is 5.44. The number of hydrogen-bond donors (Lipinski definition) is 1. The highest BCUT2D eigenvalue weighted by Crippen LogP contribution is 2.33. The molecule has 3 aromatic carbocycles. The summed E-state index contributed by atoms with van der Waals surface area (Å²) < 4.78 is 11.3. The van der Waals surface area contributed by atoms with Gasteiger partial charge < -0.3 is 13.9 Å². The Kier molecular flexibility index (Phi) is 4.26. The van der Waals surface area contributed by atoms with E-state index >= 15 is 0 Å². The summed E-state index contributed by atoms with van der Waals surface area (Å²) in [5.74, 6) is -0.431. The van der Waals surface area contributed by atoms with Crippen LogP contribution in [0.15, 0.2) is 85.5 Å². The van der Waals surface area contributed by atoms with Gasteiger partial charge in [0.05, 0.1) is 11.1 Å². The minimum absolute atomic E-state index is 0.0415. The van der Waals surface area contributed by atoms with E-state index in [0.717, 1.165) is 11.1 Å². The van der Waals surface area contributed by atoms with Crippen molar-refractivity contribution in [3.8, 4) is 28.0 Å². The molecule has 5 rings (SSSR count). The van der Waals surface area contributed by atoms with Crippen molar-refractivity contribution in [3.63, 3.8) is 0 Å². The third kappa shape index (κ3) is 3.02. The second-order valence-corrected chi connectivity index (χ2v) is 7.67. The van der Waals surface area contributed by atoms with Crippen molar-refractivity contribution < 1.29 is 13.9 Å². The Hall–Kier alpha value is -4.12. The van der Waals surface area contributed by atoms with Crippen molar-refractivity contribution in [2.75, 3.05) is 0 Å². The van der Waals surface area contributed by atoms with Gasteiger partial charge in [0.2, 0.25) is 10.9 Å². The fourth-order valence-electron chi connectivity index (χ4n) is 3.89. The van der Waals surface area contributed by atoms with Crippen LogP contribution in [0.4, 0.5) is 0 Å². The predicted molar refractivity (Wildman–Crippen MR) is 121 cm³/mol. The first-order valence-electron chi connectivity index (χ1n) is 9.81. The zero-order valence-corrected chi connectivity index (χ0v) is 16.9. The molecule has 152 valence electrons. The quantitative estimate of drug-likeness (QED) is 0.386. The molecule has 0 bridgehead atoms. The van der Waals surface area contributed by atoms with E-state index in [0.29, 0.717) is 22.3 Å². The van der Waals surface area contributed by atoms with E-state index in [1.807, 2.05) is 50.2 Å². The minimum Gasteiger partial charge on any atom is -0.506 e. The highest BCUT2D eigenvalue weighted by atomic mass is 16.3. The van der Waals surface area contributed by atoms with Crippen LogP contribution < -0.4 is 10.9 Å². The summed E-state index contributed by atoms with van der Waals surface area (Å²) in [7, 11) is 0. The van der Waals surface area contributed by atoms with Crippen molar-refractivity contribution in [2.45, 2.75) is 13.8 Å². The summed E-state index contributed by atoms with van der Waals surface area (Å²) in [6.07, 6.45) is 2.73. The minimum atomic E-state index is -0.431. The number of rotatable bonds is 2. The lowest BCUT2D eigenvalue weighted by Gasteiger charge is -2.08. The highest BCUT2D eigenvalue weighted by molar-refractivity contribution is 6.02. The summed E-state index contributed by atoms with van der Waals surface area (Å²) in [5.41, 5.74) is 3.43. The van der Waals surface area contributed by atoms with E-state index in [-0.39, 0.29) is 21.9 Å². The van der Waals surface area contributed by atoms with Crippen LogP contribution in [0.2, 0.25) is 0 Å².